The first-order valence-corrected chi connectivity index (χ1v) is 17.5. The summed E-state index contributed by atoms with van der Waals surface area (Å²) < 4.78 is 17.3. The molecule has 44 heavy (non-hydrogen) atoms. The lowest BCUT2D eigenvalue weighted by molar-refractivity contribution is -0.304. The van der Waals surface area contributed by atoms with E-state index in [0.29, 0.717) is 13.0 Å². The summed E-state index contributed by atoms with van der Waals surface area (Å²) in [6, 6.07) is -0.500. The van der Waals surface area contributed by atoms with Gasteiger partial charge in [0.1, 0.15) is 12.2 Å². The number of esters is 1. The molecule has 1 aliphatic carbocycles. The summed E-state index contributed by atoms with van der Waals surface area (Å²) in [5.41, 5.74) is 0.358. The van der Waals surface area contributed by atoms with E-state index in [0.717, 1.165) is 37.8 Å². The monoisotopic (exact) mass is 621 g/mol. The Hall–Kier alpha value is -2.13. The zero-order chi connectivity index (χ0) is 32.4. The van der Waals surface area contributed by atoms with Crippen LogP contribution >= 0.6 is 0 Å². The number of allylic oxidation sites excluding steroid dienone is 2. The van der Waals surface area contributed by atoms with Crippen LogP contribution in [-0.2, 0) is 23.8 Å². The highest BCUT2D eigenvalue weighted by Gasteiger charge is 2.45. The molecular formula is C35H63N3O6. The topological polar surface area (TPSA) is 115 Å². The number of ether oxygens (including phenoxy) is 3. The third-order valence-electron chi connectivity index (χ3n) is 8.64. The fourth-order valence-corrected chi connectivity index (χ4v) is 5.89. The van der Waals surface area contributed by atoms with E-state index in [9.17, 15) is 14.4 Å². The third kappa shape index (κ3) is 15.2. The van der Waals surface area contributed by atoms with Gasteiger partial charge in [0.25, 0.3) is 0 Å². The van der Waals surface area contributed by atoms with E-state index in [1.54, 1.807) is 13.8 Å². The third-order valence-corrected chi connectivity index (χ3v) is 8.64. The van der Waals surface area contributed by atoms with Gasteiger partial charge in [-0.1, -0.05) is 97.5 Å². The number of unbranched alkanes of at least 4 members (excludes halogenated alkanes) is 11. The van der Waals surface area contributed by atoms with Gasteiger partial charge in [-0.05, 0) is 52.9 Å². The molecule has 0 spiro atoms. The van der Waals surface area contributed by atoms with Crippen LogP contribution < -0.4 is 16.0 Å². The molecule has 3 amide bonds. The van der Waals surface area contributed by atoms with Crippen molar-refractivity contribution in [3.8, 4) is 0 Å². The number of nitrogens with one attached hydrogen (secondary N) is 3. The summed E-state index contributed by atoms with van der Waals surface area (Å²) in [6.07, 6.45) is 19.9. The van der Waals surface area contributed by atoms with Crippen molar-refractivity contribution < 1.29 is 28.6 Å². The number of carbonyl (C=O) groups is 3. The minimum atomic E-state index is -0.841. The summed E-state index contributed by atoms with van der Waals surface area (Å²) in [5.74, 6) is -1.49. The molecule has 1 saturated heterocycles. The van der Waals surface area contributed by atoms with Gasteiger partial charge in [0.05, 0.1) is 19.1 Å². The summed E-state index contributed by atoms with van der Waals surface area (Å²) in [7, 11) is 0. The molecule has 1 aliphatic heterocycles. The second kappa shape index (κ2) is 20.1. The summed E-state index contributed by atoms with van der Waals surface area (Å²) >= 11 is 0. The molecule has 9 heteroatoms. The number of carbonyl (C=O) groups excluding carboxylic acids is 3. The number of amides is 3. The molecule has 9 nitrogen and oxygen atoms in total. The molecule has 1 saturated carbocycles. The van der Waals surface area contributed by atoms with E-state index in [4.69, 9.17) is 14.2 Å². The predicted octanol–water partition coefficient (Wildman–Crippen LogP) is 7.43. The first kappa shape index (κ1) is 38.1. The average molecular weight is 622 g/mol. The van der Waals surface area contributed by atoms with Gasteiger partial charge in [-0.15, -0.1) is 0 Å². The molecule has 1 heterocycles. The van der Waals surface area contributed by atoms with Crippen LogP contribution in [-0.4, -0.2) is 55.1 Å². The van der Waals surface area contributed by atoms with E-state index in [2.05, 4.69) is 29.0 Å². The Bertz CT molecular complexity index is 903. The van der Waals surface area contributed by atoms with Gasteiger partial charge in [0.2, 0.25) is 5.91 Å². The minimum Gasteiger partial charge on any atom is -0.460 e. The van der Waals surface area contributed by atoms with Crippen LogP contribution in [0.25, 0.3) is 0 Å². The minimum absolute atomic E-state index is 0.0507. The van der Waals surface area contributed by atoms with Gasteiger partial charge < -0.3 is 30.2 Å². The maximum absolute atomic E-state index is 12.8. The molecule has 0 radical (unpaired) electrons. The van der Waals surface area contributed by atoms with Crippen molar-refractivity contribution in [3.05, 3.63) is 11.8 Å². The van der Waals surface area contributed by atoms with Gasteiger partial charge in [0, 0.05) is 17.7 Å². The molecule has 254 valence electrons. The maximum Gasteiger partial charge on any atom is 0.319 e. The Morgan fingerprint density at radius 3 is 2.16 bits per heavy atom. The Balaban J connectivity index is 1.63. The summed E-state index contributed by atoms with van der Waals surface area (Å²) in [5, 5.41) is 8.77. The van der Waals surface area contributed by atoms with Gasteiger partial charge in [0.15, 0.2) is 5.79 Å². The van der Waals surface area contributed by atoms with Crippen molar-refractivity contribution in [1.29, 1.82) is 0 Å². The first-order valence-electron chi connectivity index (χ1n) is 17.5. The highest BCUT2D eigenvalue weighted by atomic mass is 16.7. The Labute approximate surface area is 267 Å². The molecule has 3 atom stereocenters. The SMILES string of the molecule is CCCCCCCCCCCCCC=C(C)NC(=O)NC1CCCCC1OC(=O)CCNC(=O)C1OC(C)(C)OCC1(C)C. The van der Waals surface area contributed by atoms with E-state index in [1.807, 2.05) is 20.8 Å². The molecule has 0 aromatic heterocycles. The second-order valence-corrected chi connectivity index (χ2v) is 13.9. The van der Waals surface area contributed by atoms with Crippen LogP contribution in [0.15, 0.2) is 11.8 Å². The molecular weight excluding hydrogens is 558 g/mol. The van der Waals surface area contributed by atoms with E-state index in [1.165, 1.54) is 64.2 Å². The number of hydrogen-bond acceptors (Lipinski definition) is 6. The van der Waals surface area contributed by atoms with Gasteiger partial charge in [-0.25, -0.2) is 4.79 Å². The highest BCUT2D eigenvalue weighted by Crippen LogP contribution is 2.34. The normalized spacial score (nSPS) is 23.0. The van der Waals surface area contributed by atoms with Gasteiger partial charge in [-0.3, -0.25) is 9.59 Å². The van der Waals surface area contributed by atoms with Gasteiger partial charge >= 0.3 is 12.0 Å². The zero-order valence-corrected chi connectivity index (χ0v) is 28.7. The van der Waals surface area contributed by atoms with Crippen LogP contribution in [0.1, 0.15) is 151 Å². The molecule has 3 unspecified atom stereocenters. The molecule has 0 bridgehead atoms. The predicted molar refractivity (Wildman–Crippen MR) is 175 cm³/mol. The lowest BCUT2D eigenvalue weighted by atomic mass is 9.85. The molecule has 2 rings (SSSR count). The number of hydrogen-bond donors (Lipinski definition) is 3. The fourth-order valence-electron chi connectivity index (χ4n) is 5.89. The Morgan fingerprint density at radius 2 is 1.50 bits per heavy atom. The molecule has 2 fully saturated rings. The second-order valence-electron chi connectivity index (χ2n) is 13.9. The van der Waals surface area contributed by atoms with Crippen LogP contribution in [0.2, 0.25) is 0 Å². The number of urea groups is 1. The Kier molecular flexibility index (Phi) is 17.4. The van der Waals surface area contributed by atoms with Crippen LogP contribution in [0.5, 0.6) is 0 Å². The molecule has 2 aliphatic rings. The standard InChI is InChI=1S/C35H63N3O6/c1-7-8-9-10-11-12-13-14-15-16-17-18-21-27(2)37-33(41)38-28-22-19-20-23-29(28)43-30(39)24-25-36-32(40)31-34(3,4)26-42-35(5,6)44-31/h21,28-29,31H,7-20,22-26H2,1-6H3,(H,36,40)(H2,37,38,41). The highest BCUT2D eigenvalue weighted by molar-refractivity contribution is 5.82. The van der Waals surface area contributed by atoms with Crippen molar-refractivity contribution in [2.24, 2.45) is 5.41 Å². The maximum atomic E-state index is 12.8. The van der Waals surface area contributed by atoms with Gasteiger partial charge in [-0.2, -0.15) is 0 Å². The van der Waals surface area contributed by atoms with E-state index in [-0.39, 0.29) is 43.0 Å². The van der Waals surface area contributed by atoms with E-state index < -0.39 is 17.3 Å². The van der Waals surface area contributed by atoms with Crippen LogP contribution in [0, 0.1) is 5.41 Å². The quantitative estimate of drug-likeness (QED) is 0.102. The summed E-state index contributed by atoms with van der Waals surface area (Å²) in [6.45, 7) is 12.1. The molecule has 3 N–H and O–H groups in total. The molecule has 0 aromatic carbocycles. The van der Waals surface area contributed by atoms with Crippen LogP contribution in [0.3, 0.4) is 0 Å². The smallest absolute Gasteiger partial charge is 0.319 e. The number of rotatable bonds is 19. The lowest BCUT2D eigenvalue weighted by Crippen LogP contribution is -2.56. The van der Waals surface area contributed by atoms with Crippen molar-refractivity contribution in [1.82, 2.24) is 16.0 Å². The zero-order valence-electron chi connectivity index (χ0n) is 28.7. The Morgan fingerprint density at radius 1 is 0.886 bits per heavy atom. The average Bonchev–Trinajstić information content (AvgIpc) is 2.96. The van der Waals surface area contributed by atoms with E-state index >= 15 is 0 Å². The molecule has 0 aromatic rings. The van der Waals surface area contributed by atoms with Crippen molar-refractivity contribution in [2.45, 2.75) is 175 Å². The summed E-state index contributed by atoms with van der Waals surface area (Å²) in [4.78, 5) is 38.1. The largest absolute Gasteiger partial charge is 0.460 e. The van der Waals surface area contributed by atoms with Crippen molar-refractivity contribution in [3.63, 3.8) is 0 Å². The van der Waals surface area contributed by atoms with Crippen LogP contribution in [0.4, 0.5) is 4.79 Å². The van der Waals surface area contributed by atoms with Crippen molar-refractivity contribution in [2.75, 3.05) is 13.2 Å². The fraction of sp³-hybridized carbons (Fsp3) is 0.857. The van der Waals surface area contributed by atoms with Crippen molar-refractivity contribution >= 4 is 17.9 Å². The first-order chi connectivity index (χ1) is 20.9. The lowest BCUT2D eigenvalue weighted by Gasteiger charge is -2.44.